The number of hydrogen-bond acceptors (Lipinski definition) is 4. The normalized spacial score (nSPS) is 18.2. The maximum atomic E-state index is 11.0. The van der Waals surface area contributed by atoms with Crippen LogP contribution in [-0.2, 0) is 14.3 Å². The van der Waals surface area contributed by atoms with Crippen molar-refractivity contribution in [3.63, 3.8) is 0 Å². The number of amides is 2. The molecule has 0 saturated carbocycles. The fourth-order valence-corrected chi connectivity index (χ4v) is 1.05. The third-order valence-electron chi connectivity index (χ3n) is 1.63. The maximum absolute atomic E-state index is 11.0. The van der Waals surface area contributed by atoms with Crippen molar-refractivity contribution in [2.24, 2.45) is 5.73 Å². The van der Waals surface area contributed by atoms with Crippen LogP contribution in [0, 0.1) is 0 Å². The van der Waals surface area contributed by atoms with Crippen LogP contribution in [0.1, 0.15) is 6.42 Å². The third kappa shape index (κ3) is 3.86. The van der Waals surface area contributed by atoms with E-state index in [0.29, 0.717) is 26.3 Å². The monoisotopic (exact) mass is 187 g/mol. The van der Waals surface area contributed by atoms with Gasteiger partial charge in [-0.2, -0.15) is 0 Å². The minimum absolute atomic E-state index is 0.267. The Balaban J connectivity index is 2.22. The van der Waals surface area contributed by atoms with Crippen LogP contribution in [0.5, 0.6) is 0 Å². The van der Waals surface area contributed by atoms with Crippen LogP contribution in [0.2, 0.25) is 0 Å². The minimum Gasteiger partial charge on any atom is -0.379 e. The molecule has 0 spiro atoms. The quantitative estimate of drug-likeness (QED) is 0.512. The smallest absolute Gasteiger partial charge is 0.243 e. The molecule has 0 aliphatic carbocycles. The van der Waals surface area contributed by atoms with Crippen LogP contribution in [0.4, 0.5) is 0 Å². The molecule has 1 saturated heterocycles. The lowest BCUT2D eigenvalue weighted by Gasteiger charge is -2.26. The standard InChI is InChI=1S/C7H13N3O3/c8-6(11)5-7(12)9-10-1-3-13-4-2-10/h1-5H2,(H2,8,11)(H,9,12). The number of rotatable bonds is 3. The van der Waals surface area contributed by atoms with Crippen molar-refractivity contribution in [3.05, 3.63) is 0 Å². The van der Waals surface area contributed by atoms with E-state index >= 15 is 0 Å². The summed E-state index contributed by atoms with van der Waals surface area (Å²) in [6.45, 7) is 2.47. The van der Waals surface area contributed by atoms with Gasteiger partial charge in [0.25, 0.3) is 0 Å². The zero-order valence-electron chi connectivity index (χ0n) is 7.28. The molecule has 1 aliphatic rings. The van der Waals surface area contributed by atoms with Crippen LogP contribution >= 0.6 is 0 Å². The van der Waals surface area contributed by atoms with Crippen LogP contribution in [0.3, 0.4) is 0 Å². The lowest BCUT2D eigenvalue weighted by Crippen LogP contribution is -2.49. The number of nitrogens with two attached hydrogens (primary N) is 1. The van der Waals surface area contributed by atoms with Gasteiger partial charge in [0.15, 0.2) is 0 Å². The van der Waals surface area contributed by atoms with Gasteiger partial charge in [-0.05, 0) is 0 Å². The number of ether oxygens (including phenoxy) is 1. The van der Waals surface area contributed by atoms with E-state index in [1.54, 1.807) is 5.01 Å². The van der Waals surface area contributed by atoms with Gasteiger partial charge < -0.3 is 10.5 Å². The molecule has 6 heteroatoms. The molecule has 1 aliphatic heterocycles. The molecule has 0 aromatic carbocycles. The molecular formula is C7H13N3O3. The number of primary amides is 1. The lowest BCUT2D eigenvalue weighted by atomic mass is 10.4. The molecule has 0 bridgehead atoms. The highest BCUT2D eigenvalue weighted by Crippen LogP contribution is 1.92. The SMILES string of the molecule is NC(=O)CC(=O)NN1CCOCC1. The summed E-state index contributed by atoms with van der Waals surface area (Å²) in [7, 11) is 0. The Bertz CT molecular complexity index is 201. The van der Waals surface area contributed by atoms with E-state index < -0.39 is 5.91 Å². The van der Waals surface area contributed by atoms with Crippen molar-refractivity contribution in [1.29, 1.82) is 0 Å². The zero-order chi connectivity index (χ0) is 9.68. The summed E-state index contributed by atoms with van der Waals surface area (Å²) in [6, 6.07) is 0. The molecule has 6 nitrogen and oxygen atoms in total. The number of carbonyl (C=O) groups excluding carboxylic acids is 2. The summed E-state index contributed by atoms with van der Waals surface area (Å²) in [6.07, 6.45) is -0.267. The number of nitrogens with zero attached hydrogens (tertiary/aromatic N) is 1. The van der Waals surface area contributed by atoms with Crippen LogP contribution < -0.4 is 11.2 Å². The van der Waals surface area contributed by atoms with Crippen molar-refractivity contribution in [1.82, 2.24) is 10.4 Å². The Kier molecular flexibility index (Phi) is 3.66. The number of nitrogens with one attached hydrogen (secondary N) is 1. The molecule has 2 amide bonds. The van der Waals surface area contributed by atoms with Crippen LogP contribution in [-0.4, -0.2) is 43.1 Å². The highest BCUT2D eigenvalue weighted by atomic mass is 16.5. The highest BCUT2D eigenvalue weighted by Gasteiger charge is 2.13. The molecular weight excluding hydrogens is 174 g/mol. The predicted molar refractivity (Wildman–Crippen MR) is 44.3 cm³/mol. The van der Waals surface area contributed by atoms with E-state index in [9.17, 15) is 9.59 Å². The van der Waals surface area contributed by atoms with Crippen LogP contribution in [0.15, 0.2) is 0 Å². The fourth-order valence-electron chi connectivity index (χ4n) is 1.05. The zero-order valence-corrected chi connectivity index (χ0v) is 7.28. The minimum atomic E-state index is -0.620. The molecule has 0 aromatic heterocycles. The van der Waals surface area contributed by atoms with Gasteiger partial charge in [-0.15, -0.1) is 0 Å². The number of hydrogen-bond donors (Lipinski definition) is 2. The Hall–Kier alpha value is -1.14. The second kappa shape index (κ2) is 4.78. The Morgan fingerprint density at radius 1 is 1.38 bits per heavy atom. The van der Waals surface area contributed by atoms with E-state index in [1.165, 1.54) is 0 Å². The molecule has 0 atom stereocenters. The first kappa shape index (κ1) is 9.94. The summed E-state index contributed by atoms with van der Waals surface area (Å²) in [5, 5.41) is 1.72. The molecule has 74 valence electrons. The molecule has 13 heavy (non-hydrogen) atoms. The topological polar surface area (TPSA) is 84.7 Å². The fraction of sp³-hybridized carbons (Fsp3) is 0.714. The van der Waals surface area contributed by atoms with E-state index in [-0.39, 0.29) is 12.3 Å². The summed E-state index contributed by atoms with van der Waals surface area (Å²) in [5.41, 5.74) is 7.42. The molecule has 1 heterocycles. The summed E-state index contributed by atoms with van der Waals surface area (Å²) in [5.74, 6) is -0.986. The molecule has 0 aromatic rings. The van der Waals surface area contributed by atoms with Gasteiger partial charge in [0.1, 0.15) is 6.42 Å². The van der Waals surface area contributed by atoms with E-state index in [0.717, 1.165) is 0 Å². The molecule has 0 radical (unpaired) electrons. The summed E-state index contributed by atoms with van der Waals surface area (Å²) >= 11 is 0. The van der Waals surface area contributed by atoms with E-state index in [2.05, 4.69) is 5.43 Å². The van der Waals surface area contributed by atoms with Gasteiger partial charge in [0.05, 0.1) is 13.2 Å². The Labute approximate surface area is 76.0 Å². The summed E-state index contributed by atoms with van der Waals surface area (Å²) < 4.78 is 5.08. The first-order chi connectivity index (χ1) is 6.18. The largest absolute Gasteiger partial charge is 0.379 e. The maximum Gasteiger partial charge on any atom is 0.243 e. The van der Waals surface area contributed by atoms with Gasteiger partial charge >= 0.3 is 0 Å². The van der Waals surface area contributed by atoms with Gasteiger partial charge in [0, 0.05) is 13.1 Å². The average molecular weight is 187 g/mol. The van der Waals surface area contributed by atoms with Crippen molar-refractivity contribution in [2.45, 2.75) is 6.42 Å². The van der Waals surface area contributed by atoms with Crippen molar-refractivity contribution in [3.8, 4) is 0 Å². The predicted octanol–water partition coefficient (Wildman–Crippen LogP) is -1.77. The first-order valence-corrected chi connectivity index (χ1v) is 4.09. The van der Waals surface area contributed by atoms with Crippen molar-refractivity contribution in [2.75, 3.05) is 26.3 Å². The van der Waals surface area contributed by atoms with Crippen molar-refractivity contribution >= 4 is 11.8 Å². The number of hydrazine groups is 1. The van der Waals surface area contributed by atoms with E-state index in [1.807, 2.05) is 0 Å². The van der Waals surface area contributed by atoms with Crippen molar-refractivity contribution < 1.29 is 14.3 Å². The van der Waals surface area contributed by atoms with Gasteiger partial charge in [-0.25, -0.2) is 5.01 Å². The number of carbonyl (C=O) groups is 2. The summed E-state index contributed by atoms with van der Waals surface area (Å²) in [4.78, 5) is 21.4. The second-order valence-electron chi connectivity index (χ2n) is 2.78. The molecule has 1 rings (SSSR count). The second-order valence-corrected chi connectivity index (χ2v) is 2.78. The molecule has 0 unspecified atom stereocenters. The lowest BCUT2D eigenvalue weighted by molar-refractivity contribution is -0.132. The van der Waals surface area contributed by atoms with Gasteiger partial charge in [-0.3, -0.25) is 15.0 Å². The Morgan fingerprint density at radius 2 is 2.00 bits per heavy atom. The Morgan fingerprint density at radius 3 is 2.54 bits per heavy atom. The van der Waals surface area contributed by atoms with Gasteiger partial charge in [0.2, 0.25) is 11.8 Å². The highest BCUT2D eigenvalue weighted by molar-refractivity contribution is 5.95. The van der Waals surface area contributed by atoms with Gasteiger partial charge in [-0.1, -0.05) is 0 Å². The van der Waals surface area contributed by atoms with E-state index in [4.69, 9.17) is 10.5 Å². The number of morpholine rings is 1. The molecule has 1 fully saturated rings. The van der Waals surface area contributed by atoms with Crippen LogP contribution in [0.25, 0.3) is 0 Å². The molecule has 3 N–H and O–H groups in total. The third-order valence-corrected chi connectivity index (χ3v) is 1.63. The first-order valence-electron chi connectivity index (χ1n) is 4.09. The average Bonchev–Trinajstić information content (AvgIpc) is 2.04.